The predicted octanol–water partition coefficient (Wildman–Crippen LogP) is 1.91. The average molecular weight is 373 g/mol. The molecule has 1 nitrogen and oxygen atoms in total. The zero-order chi connectivity index (χ0) is 14.4. The van der Waals surface area contributed by atoms with Crippen molar-refractivity contribution in [2.75, 3.05) is 4.93 Å². The van der Waals surface area contributed by atoms with E-state index in [9.17, 15) is 0 Å². The second-order valence-corrected chi connectivity index (χ2v) is 7.45. The first kappa shape index (κ1) is 16.5. The summed E-state index contributed by atoms with van der Waals surface area (Å²) in [6.45, 7) is 10.9. The first-order chi connectivity index (χ1) is 8.99. The Balaban J connectivity index is 3.05. The molecule has 1 aromatic rings. The van der Waals surface area contributed by atoms with Crippen LogP contribution in [0, 0.1) is 23.3 Å². The Morgan fingerprint density at radius 1 is 1.26 bits per heavy atom. The van der Waals surface area contributed by atoms with Crippen molar-refractivity contribution in [1.29, 1.82) is 0 Å². The van der Waals surface area contributed by atoms with Crippen molar-refractivity contribution in [3.63, 3.8) is 0 Å². The molecule has 0 radical (unpaired) electrons. The molecule has 1 aromatic carbocycles. The van der Waals surface area contributed by atoms with Crippen LogP contribution in [0.15, 0.2) is 24.0 Å². The minimum atomic E-state index is 0.0405. The van der Waals surface area contributed by atoms with Crippen LogP contribution in [0.2, 0.25) is 0 Å². The number of rotatable bonds is 6. The Labute approximate surface area is 128 Å². The molecule has 2 heteroatoms. The Morgan fingerprint density at radius 3 is 2.42 bits per heavy atom. The molecule has 0 aliphatic rings. The maximum absolute atomic E-state index is 6.22. The van der Waals surface area contributed by atoms with E-state index in [1.807, 2.05) is 0 Å². The topological polar surface area (TPSA) is 9.23 Å². The van der Waals surface area contributed by atoms with E-state index >= 15 is 0 Å². The Hall–Kier alpha value is -0.510. The minimum absolute atomic E-state index is 0.0405. The monoisotopic (exact) mass is 373 g/mol. The number of benzene rings is 1. The summed E-state index contributed by atoms with van der Waals surface area (Å²) in [5.41, 5.74) is 2.68. The molecule has 0 aromatic heterocycles. The third kappa shape index (κ3) is 4.83. The molecular weight excluding hydrogens is 347 g/mol. The average Bonchev–Trinajstić information content (AvgIpc) is 2.37. The molecule has 0 heterocycles. The second kappa shape index (κ2) is 7.93. The quantitative estimate of drug-likeness (QED) is 0.421. The molecule has 0 unspecified atom stereocenters. The molecule has 0 aliphatic carbocycles. The molecule has 0 N–H and O–H groups in total. The number of allylic oxidation sites excluding steroid dienone is 2. The molecule has 0 amide bonds. The van der Waals surface area contributed by atoms with Gasteiger partial charge in [0, 0.05) is 0 Å². The summed E-state index contributed by atoms with van der Waals surface area (Å²) in [5.74, 6) is 2.63. The number of aryl methyl sites for hydroxylation is 2. The van der Waals surface area contributed by atoms with Gasteiger partial charge in [0.2, 0.25) is 0 Å². The molecule has 0 bridgehead atoms. The molecule has 0 spiro atoms. The summed E-state index contributed by atoms with van der Waals surface area (Å²) in [6.07, 6.45) is 4.51. The van der Waals surface area contributed by atoms with Gasteiger partial charge in [-0.25, -0.2) is 0 Å². The van der Waals surface area contributed by atoms with Crippen LogP contribution in [0.1, 0.15) is 44.7 Å². The van der Waals surface area contributed by atoms with Gasteiger partial charge >= 0.3 is 129 Å². The molecule has 108 valence electrons. The number of ether oxygens (including phenoxy) is 1. The number of hydrogen-bond acceptors (Lipinski definition) is 1. The Kier molecular flexibility index (Phi) is 6.90. The molecule has 0 aliphatic heterocycles. The van der Waals surface area contributed by atoms with Crippen LogP contribution in [0.4, 0.5) is 0 Å². The van der Waals surface area contributed by atoms with E-state index in [4.69, 9.17) is 4.74 Å². The molecule has 0 saturated heterocycles. The van der Waals surface area contributed by atoms with Crippen molar-refractivity contribution in [2.24, 2.45) is 5.92 Å². The predicted molar refractivity (Wildman–Crippen MR) is 79.0 cm³/mol. The van der Waals surface area contributed by atoms with Crippen LogP contribution in [-0.2, 0) is 0 Å². The normalized spacial score (nSPS) is 12.3. The first-order valence-corrected chi connectivity index (χ1v) is 10.2. The van der Waals surface area contributed by atoms with Gasteiger partial charge < -0.3 is 0 Å². The number of hydrogen-bond donors (Lipinski definition) is 0. The van der Waals surface area contributed by atoms with Crippen molar-refractivity contribution in [3.8, 4) is 5.75 Å². The van der Waals surface area contributed by atoms with Crippen LogP contribution in [0.3, 0.4) is 0 Å². The van der Waals surface area contributed by atoms with E-state index in [1.165, 1.54) is 21.1 Å². The van der Waals surface area contributed by atoms with Crippen molar-refractivity contribution >= 4 is 0 Å². The summed E-state index contributed by atoms with van der Waals surface area (Å²) >= 11 is 0.0405. The molecule has 19 heavy (non-hydrogen) atoms. The second-order valence-electron chi connectivity index (χ2n) is 5.21. The summed E-state index contributed by atoms with van der Waals surface area (Å²) in [6, 6.07) is 4.51. The van der Waals surface area contributed by atoms with E-state index < -0.39 is 0 Å². The Morgan fingerprint density at radius 2 is 1.89 bits per heavy atom. The summed E-state index contributed by atoms with van der Waals surface area (Å²) in [4.78, 5) is 2.29. The summed E-state index contributed by atoms with van der Waals surface area (Å²) < 4.78 is 7.63. The Bertz CT molecular complexity index is 447. The van der Waals surface area contributed by atoms with Crippen LogP contribution in [0.5, 0.6) is 5.75 Å². The van der Waals surface area contributed by atoms with Gasteiger partial charge in [0.05, 0.1) is 0 Å². The fraction of sp³-hybridized carbons (Fsp3) is 0.529. The number of halogens is 1. The fourth-order valence-corrected chi connectivity index (χ4v) is 3.37. The van der Waals surface area contributed by atoms with E-state index in [2.05, 4.69) is 57.8 Å². The molecule has 0 atom stereocenters. The van der Waals surface area contributed by atoms with Crippen LogP contribution in [-0.4, -0.2) is 4.93 Å². The van der Waals surface area contributed by atoms with E-state index in [0.29, 0.717) is 5.92 Å². The van der Waals surface area contributed by atoms with Crippen molar-refractivity contribution in [1.82, 2.24) is 0 Å². The summed E-state index contributed by atoms with van der Waals surface area (Å²) in [7, 11) is 0. The van der Waals surface area contributed by atoms with E-state index in [-0.39, 0.29) is 21.2 Å². The molecule has 0 saturated carbocycles. The standard InChI is InChI=1S/C17H26IO/c1-7-8-9-16(12(2)3)19-17-11-14(5)13(4)10-15(17)18-6/h9-12H,7-8H2,1-6H3/q-1/b16-9-. The van der Waals surface area contributed by atoms with Crippen molar-refractivity contribution < 1.29 is 25.9 Å². The van der Waals surface area contributed by atoms with Gasteiger partial charge in [0.25, 0.3) is 0 Å². The van der Waals surface area contributed by atoms with Gasteiger partial charge in [0.15, 0.2) is 0 Å². The molecule has 0 fully saturated rings. The zero-order valence-electron chi connectivity index (χ0n) is 13.0. The van der Waals surface area contributed by atoms with E-state index in [0.717, 1.165) is 17.9 Å². The van der Waals surface area contributed by atoms with Gasteiger partial charge in [-0.05, 0) is 0 Å². The number of alkyl halides is 1. The fourth-order valence-electron chi connectivity index (χ4n) is 1.79. The first-order valence-electron chi connectivity index (χ1n) is 6.98. The van der Waals surface area contributed by atoms with Gasteiger partial charge in [-0.15, -0.1) is 0 Å². The molecular formula is C17H26IO-. The van der Waals surface area contributed by atoms with Gasteiger partial charge in [-0.2, -0.15) is 0 Å². The van der Waals surface area contributed by atoms with E-state index in [1.54, 1.807) is 0 Å². The third-order valence-corrected chi connectivity index (χ3v) is 5.19. The van der Waals surface area contributed by atoms with Crippen LogP contribution >= 0.6 is 0 Å². The van der Waals surface area contributed by atoms with Crippen LogP contribution in [0.25, 0.3) is 0 Å². The van der Waals surface area contributed by atoms with Gasteiger partial charge in [-0.3, -0.25) is 0 Å². The third-order valence-electron chi connectivity index (χ3n) is 3.18. The van der Waals surface area contributed by atoms with Crippen molar-refractivity contribution in [3.05, 3.63) is 38.7 Å². The maximum atomic E-state index is 6.22. The van der Waals surface area contributed by atoms with Gasteiger partial charge in [0.1, 0.15) is 0 Å². The SMILES string of the molecule is CCC/C=C(\Oc1cc(C)c(C)cc1[I-]C)C(C)C. The zero-order valence-corrected chi connectivity index (χ0v) is 15.2. The number of unbranched alkanes of at least 4 members (excludes halogenated alkanes) is 1. The van der Waals surface area contributed by atoms with Crippen LogP contribution < -0.4 is 25.9 Å². The molecule has 1 rings (SSSR count). The van der Waals surface area contributed by atoms with Crippen molar-refractivity contribution in [2.45, 2.75) is 47.5 Å². The van der Waals surface area contributed by atoms with Gasteiger partial charge in [-0.1, -0.05) is 0 Å². The summed E-state index contributed by atoms with van der Waals surface area (Å²) in [5, 5.41) is 0.